The van der Waals surface area contributed by atoms with Crippen LogP contribution in [0.2, 0.25) is 0 Å². The maximum absolute atomic E-state index is 2.55. The second kappa shape index (κ2) is 7.42. The minimum atomic E-state index is -1.30. The molecular formula is CsI4Sn. The molecule has 0 unspecified atom stereocenters. The summed E-state index contributed by atoms with van der Waals surface area (Å²) < 4.78 is -1.30. The molecule has 0 saturated heterocycles. The van der Waals surface area contributed by atoms with Crippen molar-refractivity contribution in [3.63, 3.8) is 0 Å². The first kappa shape index (κ1) is 14.3. The van der Waals surface area contributed by atoms with E-state index in [1.54, 1.807) is 0 Å². The Bertz CT molecular complexity index is 23.0. The van der Waals surface area contributed by atoms with E-state index in [4.69, 9.17) is 0 Å². The Balaban J connectivity index is 0. The zero-order valence-corrected chi connectivity index (χ0v) is 20.8. The first-order valence-corrected chi connectivity index (χ1v) is 34.0. The summed E-state index contributed by atoms with van der Waals surface area (Å²) in [5.41, 5.74) is 0. The van der Waals surface area contributed by atoms with Gasteiger partial charge in [-0.1, -0.05) is 0 Å². The maximum atomic E-state index is 2.55. The zero-order valence-electron chi connectivity index (χ0n) is 3.01. The number of hydrogen-bond donors (Lipinski definition) is 0. The topological polar surface area (TPSA) is 0 Å². The molecule has 1 radical (unpaired) electrons. The van der Waals surface area contributed by atoms with Crippen molar-refractivity contribution >= 4 is 146 Å². The summed E-state index contributed by atoms with van der Waals surface area (Å²) in [7, 11) is 0. The van der Waals surface area contributed by atoms with Crippen LogP contribution in [0.5, 0.6) is 0 Å². The molecule has 33 valence electrons. The molecule has 6 heavy (non-hydrogen) atoms. The van der Waals surface area contributed by atoms with Crippen molar-refractivity contribution in [3.05, 3.63) is 0 Å². The van der Waals surface area contributed by atoms with Crippen LogP contribution in [0.15, 0.2) is 0 Å². The zero-order chi connectivity index (χ0) is 4.50. The summed E-state index contributed by atoms with van der Waals surface area (Å²) in [6, 6.07) is 0. The SMILES string of the molecule is [Cs].[I][Sn]([I])([I])[I]. The Kier molecular flexibility index (Phi) is 17.7. The molecule has 0 aliphatic heterocycles. The van der Waals surface area contributed by atoms with E-state index in [-0.39, 0.29) is 68.9 Å². The van der Waals surface area contributed by atoms with E-state index in [0.717, 1.165) is 0 Å². The Hall–Kier alpha value is 5.77. The molecule has 0 aromatic heterocycles. The molecule has 0 aromatic rings. The third-order valence-electron chi connectivity index (χ3n) is 0. The fraction of sp³-hybridized carbons (Fsp3) is 0. The second-order valence-corrected chi connectivity index (χ2v) is 129. The summed E-state index contributed by atoms with van der Waals surface area (Å²) >= 11 is 10.2. The fourth-order valence-electron chi connectivity index (χ4n) is 0. The molecule has 6 heteroatoms. The molecule has 0 spiro atoms. The van der Waals surface area contributed by atoms with Gasteiger partial charge in [-0.05, 0) is 0 Å². The van der Waals surface area contributed by atoms with Crippen molar-refractivity contribution in [3.8, 4) is 0 Å². The molecule has 0 saturated carbocycles. The van der Waals surface area contributed by atoms with Gasteiger partial charge in [0.15, 0.2) is 0 Å². The van der Waals surface area contributed by atoms with Gasteiger partial charge in [-0.15, -0.1) is 0 Å². The monoisotopic (exact) mass is 760 g/mol. The first-order chi connectivity index (χ1) is 2.00. The average molecular weight is 759 g/mol. The average Bonchev–Trinajstić information content (AvgIpc) is 0.722. The van der Waals surface area contributed by atoms with E-state index in [1.165, 1.54) is 0 Å². The molecule has 0 aromatic carbocycles. The van der Waals surface area contributed by atoms with Gasteiger partial charge < -0.3 is 0 Å². The van der Waals surface area contributed by atoms with E-state index in [2.05, 4.69) is 74.5 Å². The molecule has 0 atom stereocenters. The molecule has 0 bridgehead atoms. The molecule has 0 fully saturated rings. The van der Waals surface area contributed by atoms with Gasteiger partial charge in [-0.3, -0.25) is 0 Å². The predicted molar refractivity (Wildman–Crippen MR) is 67.6 cm³/mol. The van der Waals surface area contributed by atoms with Crippen molar-refractivity contribution in [2.45, 2.75) is 0 Å². The van der Waals surface area contributed by atoms with E-state index in [9.17, 15) is 0 Å². The van der Waals surface area contributed by atoms with Crippen molar-refractivity contribution in [2.24, 2.45) is 0 Å². The molecule has 0 aliphatic carbocycles. The van der Waals surface area contributed by atoms with Gasteiger partial charge in [0.05, 0.1) is 0 Å². The van der Waals surface area contributed by atoms with Crippen LogP contribution in [-0.4, -0.2) is 71.4 Å². The quantitative estimate of drug-likeness (QED) is 0.264. The standard InChI is InChI=1S/Cs.4HI.Sn/h;4*1H;/q;;;;;+4/p-4. The van der Waals surface area contributed by atoms with Crippen LogP contribution in [-0.2, 0) is 0 Å². The second-order valence-electron chi connectivity index (χ2n) is 0.429. The van der Waals surface area contributed by atoms with Gasteiger partial charge in [0.25, 0.3) is 0 Å². The van der Waals surface area contributed by atoms with Gasteiger partial charge in [-0.2, -0.15) is 0 Å². The Morgan fingerprint density at radius 2 is 0.833 bits per heavy atom. The molecular weight excluding hydrogens is 759 g/mol. The van der Waals surface area contributed by atoms with E-state index < -0.39 is 2.50 Å². The number of hydrogen-bond acceptors (Lipinski definition) is 0. The molecule has 0 amide bonds. The summed E-state index contributed by atoms with van der Waals surface area (Å²) in [6.45, 7) is 0. The van der Waals surface area contributed by atoms with E-state index in [0.29, 0.717) is 0 Å². The minimum absolute atomic E-state index is 0. The van der Waals surface area contributed by atoms with E-state index >= 15 is 0 Å². The summed E-state index contributed by atoms with van der Waals surface area (Å²) in [5, 5.41) is 0. The van der Waals surface area contributed by atoms with Crippen molar-refractivity contribution in [1.82, 2.24) is 0 Å². The van der Waals surface area contributed by atoms with Gasteiger partial charge in [0.1, 0.15) is 0 Å². The van der Waals surface area contributed by atoms with Gasteiger partial charge >= 0.3 is 77.0 Å². The fourth-order valence-corrected chi connectivity index (χ4v) is 0. The van der Waals surface area contributed by atoms with Gasteiger partial charge in [0.2, 0.25) is 0 Å². The van der Waals surface area contributed by atoms with Crippen LogP contribution in [0, 0.1) is 0 Å². The summed E-state index contributed by atoms with van der Waals surface area (Å²) in [5.74, 6) is 0. The van der Waals surface area contributed by atoms with E-state index in [1.807, 2.05) is 0 Å². The van der Waals surface area contributed by atoms with Crippen LogP contribution in [0.25, 0.3) is 0 Å². The van der Waals surface area contributed by atoms with Crippen molar-refractivity contribution in [2.75, 3.05) is 0 Å². The van der Waals surface area contributed by atoms with Crippen LogP contribution in [0.4, 0.5) is 0 Å². The third kappa shape index (κ3) is 22.6. The Labute approximate surface area is 140 Å². The Morgan fingerprint density at radius 1 is 0.833 bits per heavy atom. The Morgan fingerprint density at radius 3 is 0.833 bits per heavy atom. The number of halogens is 4. The normalized spacial score (nSPS) is 10.0. The molecule has 0 nitrogen and oxygen atoms in total. The van der Waals surface area contributed by atoms with Crippen molar-refractivity contribution < 1.29 is 0 Å². The number of rotatable bonds is 0. The molecule has 0 aliphatic rings. The first-order valence-electron chi connectivity index (χ1n) is 0.756. The summed E-state index contributed by atoms with van der Waals surface area (Å²) in [6.07, 6.45) is 0. The molecule has 0 heterocycles. The third-order valence-corrected chi connectivity index (χ3v) is 0. The van der Waals surface area contributed by atoms with Crippen LogP contribution in [0.3, 0.4) is 0 Å². The molecule has 0 N–H and O–H groups in total. The van der Waals surface area contributed by atoms with Gasteiger partial charge in [-0.25, -0.2) is 0 Å². The van der Waals surface area contributed by atoms with Crippen LogP contribution < -0.4 is 0 Å². The predicted octanol–water partition coefficient (Wildman–Crippen LogP) is 2.78. The molecule has 0 rings (SSSR count). The van der Waals surface area contributed by atoms with Crippen molar-refractivity contribution in [1.29, 1.82) is 0 Å². The van der Waals surface area contributed by atoms with Crippen LogP contribution in [0.1, 0.15) is 0 Å². The van der Waals surface area contributed by atoms with Crippen LogP contribution >= 0.6 is 74.5 Å². The van der Waals surface area contributed by atoms with Gasteiger partial charge in [0, 0.05) is 68.9 Å². The summed E-state index contributed by atoms with van der Waals surface area (Å²) in [4.78, 5) is 0.